The second-order valence-corrected chi connectivity index (χ2v) is 8.06. The van der Waals surface area contributed by atoms with Crippen molar-refractivity contribution in [2.75, 3.05) is 13.9 Å². The summed E-state index contributed by atoms with van der Waals surface area (Å²) in [5.74, 6) is -1.20. The quantitative estimate of drug-likeness (QED) is 0.251. The number of hydrogen-bond donors (Lipinski definition) is 1. The molecule has 0 aliphatic heterocycles. The van der Waals surface area contributed by atoms with E-state index < -0.39 is 42.9 Å². The highest BCUT2D eigenvalue weighted by atomic mass is 16.7. The van der Waals surface area contributed by atoms with Gasteiger partial charge in [-0.1, -0.05) is 38.6 Å². The highest BCUT2D eigenvalue weighted by Gasteiger charge is 2.30. The van der Waals surface area contributed by atoms with Crippen molar-refractivity contribution < 1.29 is 38.1 Å². The fraction of sp³-hybridized carbons (Fsp3) is 0.385. The molecule has 0 spiro atoms. The number of nitrogens with zero attached hydrogens (tertiary/aromatic N) is 1. The molecule has 0 aliphatic rings. The molecule has 0 saturated heterocycles. The molecule has 10 heteroatoms. The predicted octanol–water partition coefficient (Wildman–Crippen LogP) is 3.31. The van der Waals surface area contributed by atoms with E-state index in [9.17, 15) is 14.4 Å². The maximum atomic E-state index is 12.9. The zero-order valence-electron chi connectivity index (χ0n) is 21.1. The molecule has 0 saturated carbocycles. The molecule has 1 heterocycles. The Labute approximate surface area is 210 Å². The number of amides is 1. The largest absolute Gasteiger partial charge is 0.493 e. The van der Waals surface area contributed by atoms with Crippen LogP contribution in [0.15, 0.2) is 55.3 Å². The molecule has 194 valence electrons. The minimum Gasteiger partial charge on any atom is -0.493 e. The predicted molar refractivity (Wildman–Crippen MR) is 131 cm³/mol. The Morgan fingerprint density at radius 2 is 1.81 bits per heavy atom. The van der Waals surface area contributed by atoms with Crippen molar-refractivity contribution in [1.82, 2.24) is 10.3 Å². The number of rotatable bonds is 13. The van der Waals surface area contributed by atoms with Crippen LogP contribution in [0.4, 0.5) is 0 Å². The summed E-state index contributed by atoms with van der Waals surface area (Å²) >= 11 is 0. The molecule has 0 fully saturated rings. The van der Waals surface area contributed by atoms with Crippen molar-refractivity contribution in [3.63, 3.8) is 0 Å². The molecule has 0 aliphatic carbocycles. The summed E-state index contributed by atoms with van der Waals surface area (Å²) in [5.41, 5.74) is -0.158. The molecule has 0 unspecified atom stereocenters. The van der Waals surface area contributed by atoms with Gasteiger partial charge in [0.05, 0.1) is 7.11 Å². The Morgan fingerprint density at radius 3 is 2.39 bits per heavy atom. The molecular weight excluding hydrogens is 468 g/mol. The van der Waals surface area contributed by atoms with Gasteiger partial charge in [0.2, 0.25) is 6.79 Å². The van der Waals surface area contributed by atoms with Gasteiger partial charge in [0, 0.05) is 19.2 Å². The van der Waals surface area contributed by atoms with E-state index in [-0.39, 0.29) is 23.1 Å². The summed E-state index contributed by atoms with van der Waals surface area (Å²) in [4.78, 5) is 40.8. The Balaban J connectivity index is 2.11. The van der Waals surface area contributed by atoms with Crippen molar-refractivity contribution in [1.29, 1.82) is 0 Å². The van der Waals surface area contributed by atoms with Gasteiger partial charge in [0.1, 0.15) is 17.9 Å². The number of pyridine rings is 1. The Morgan fingerprint density at radius 1 is 1.11 bits per heavy atom. The standard InChI is InChI=1S/C26H32N2O8/c1-7-20(23(16(2)3)35-19-11-9-8-10-12-19)36-26(31)17(4)28-25(30)22-24(34-15-33-18(5)29)21(32-6)13-14-27-22/h7-14,16-17,20,23H,1,15H2,2-6H3,(H,28,30)/t17-,20-,23+/m0/s1. The van der Waals surface area contributed by atoms with Crippen LogP contribution in [0, 0.1) is 5.92 Å². The Hall–Kier alpha value is -4.08. The van der Waals surface area contributed by atoms with E-state index >= 15 is 0 Å². The zero-order chi connectivity index (χ0) is 26.7. The summed E-state index contributed by atoms with van der Waals surface area (Å²) in [5, 5.41) is 2.54. The third-order valence-corrected chi connectivity index (χ3v) is 4.95. The SMILES string of the molecule is C=C[C@H](OC(=O)[C@H](C)NC(=O)c1nccc(OC)c1OCOC(C)=O)[C@H](Oc1ccccc1)C(C)C. The van der Waals surface area contributed by atoms with E-state index in [1.165, 1.54) is 39.3 Å². The topological polar surface area (TPSA) is 122 Å². The van der Waals surface area contributed by atoms with Crippen LogP contribution >= 0.6 is 0 Å². The van der Waals surface area contributed by atoms with E-state index in [0.29, 0.717) is 5.75 Å². The summed E-state index contributed by atoms with van der Waals surface area (Å²) in [6.07, 6.45) is 1.56. The number of nitrogens with one attached hydrogen (secondary N) is 1. The number of benzene rings is 1. The average molecular weight is 501 g/mol. The van der Waals surface area contributed by atoms with Gasteiger partial charge in [0.25, 0.3) is 5.91 Å². The smallest absolute Gasteiger partial charge is 0.329 e. The van der Waals surface area contributed by atoms with E-state index in [4.69, 9.17) is 23.7 Å². The molecule has 36 heavy (non-hydrogen) atoms. The summed E-state index contributed by atoms with van der Waals surface area (Å²) in [6, 6.07) is 9.61. The number of carbonyl (C=O) groups is 3. The van der Waals surface area contributed by atoms with Gasteiger partial charge in [-0.25, -0.2) is 9.78 Å². The number of hydrogen-bond acceptors (Lipinski definition) is 9. The first-order valence-corrected chi connectivity index (χ1v) is 11.3. The van der Waals surface area contributed by atoms with Crippen LogP contribution in [0.2, 0.25) is 0 Å². The normalized spacial score (nSPS) is 13.1. The van der Waals surface area contributed by atoms with Crippen molar-refractivity contribution in [2.45, 2.75) is 45.9 Å². The molecule has 10 nitrogen and oxygen atoms in total. The average Bonchev–Trinajstić information content (AvgIpc) is 2.86. The van der Waals surface area contributed by atoms with Crippen molar-refractivity contribution in [3.05, 3.63) is 60.9 Å². The second-order valence-electron chi connectivity index (χ2n) is 8.06. The number of carbonyl (C=O) groups excluding carboxylic acids is 3. The van der Waals surface area contributed by atoms with Crippen molar-refractivity contribution in [3.8, 4) is 17.2 Å². The molecule has 0 bridgehead atoms. The zero-order valence-corrected chi connectivity index (χ0v) is 21.1. The molecule has 1 aromatic heterocycles. The number of aromatic nitrogens is 1. The van der Waals surface area contributed by atoms with Crippen LogP contribution in [0.25, 0.3) is 0 Å². The van der Waals surface area contributed by atoms with Gasteiger partial charge in [-0.2, -0.15) is 0 Å². The highest BCUT2D eigenvalue weighted by molar-refractivity contribution is 5.98. The van der Waals surface area contributed by atoms with E-state index in [1.807, 2.05) is 44.2 Å². The van der Waals surface area contributed by atoms with Gasteiger partial charge < -0.3 is 29.0 Å². The van der Waals surface area contributed by atoms with Gasteiger partial charge in [-0.05, 0) is 31.1 Å². The lowest BCUT2D eigenvalue weighted by molar-refractivity contribution is -0.153. The Bertz CT molecular complexity index is 1040. The minimum atomic E-state index is -1.04. The van der Waals surface area contributed by atoms with Crippen LogP contribution in [0.1, 0.15) is 38.2 Å². The first-order valence-electron chi connectivity index (χ1n) is 11.3. The molecule has 3 atom stereocenters. The lowest BCUT2D eigenvalue weighted by atomic mass is 10.0. The van der Waals surface area contributed by atoms with E-state index in [2.05, 4.69) is 16.9 Å². The van der Waals surface area contributed by atoms with E-state index in [0.717, 1.165) is 0 Å². The fourth-order valence-electron chi connectivity index (χ4n) is 3.11. The van der Waals surface area contributed by atoms with Gasteiger partial charge in [0.15, 0.2) is 23.3 Å². The molecule has 2 aromatic rings. The van der Waals surface area contributed by atoms with E-state index in [1.54, 1.807) is 0 Å². The molecule has 1 aromatic carbocycles. The lowest BCUT2D eigenvalue weighted by Crippen LogP contribution is -2.45. The molecule has 2 rings (SSSR count). The Kier molecular flexibility index (Phi) is 10.7. The molecular formula is C26H32N2O8. The molecule has 1 N–H and O–H groups in total. The monoisotopic (exact) mass is 500 g/mol. The first-order chi connectivity index (χ1) is 17.2. The third-order valence-electron chi connectivity index (χ3n) is 4.95. The highest BCUT2D eigenvalue weighted by Crippen LogP contribution is 2.29. The van der Waals surface area contributed by atoms with Gasteiger partial charge in [-0.3, -0.25) is 9.59 Å². The maximum Gasteiger partial charge on any atom is 0.329 e. The van der Waals surface area contributed by atoms with Gasteiger partial charge >= 0.3 is 11.9 Å². The van der Waals surface area contributed by atoms with Crippen LogP contribution in [0.3, 0.4) is 0 Å². The fourth-order valence-corrected chi connectivity index (χ4v) is 3.11. The van der Waals surface area contributed by atoms with Crippen LogP contribution in [-0.2, 0) is 19.1 Å². The molecule has 1 amide bonds. The number of esters is 2. The lowest BCUT2D eigenvalue weighted by Gasteiger charge is -2.29. The third kappa shape index (κ3) is 8.00. The number of para-hydroxylation sites is 1. The summed E-state index contributed by atoms with van der Waals surface area (Å²) in [6.45, 7) is 9.90. The van der Waals surface area contributed by atoms with Crippen molar-refractivity contribution >= 4 is 17.8 Å². The van der Waals surface area contributed by atoms with Crippen LogP contribution in [0.5, 0.6) is 17.2 Å². The maximum absolute atomic E-state index is 12.9. The second kappa shape index (κ2) is 13.7. The summed E-state index contributed by atoms with van der Waals surface area (Å²) in [7, 11) is 1.38. The van der Waals surface area contributed by atoms with Crippen LogP contribution in [-0.4, -0.2) is 55.0 Å². The minimum absolute atomic E-state index is 0.0104. The van der Waals surface area contributed by atoms with Crippen LogP contribution < -0.4 is 19.5 Å². The molecule has 0 radical (unpaired) electrons. The van der Waals surface area contributed by atoms with Gasteiger partial charge in [-0.15, -0.1) is 0 Å². The van der Waals surface area contributed by atoms with Crippen molar-refractivity contribution in [2.24, 2.45) is 5.92 Å². The summed E-state index contributed by atoms with van der Waals surface area (Å²) < 4.78 is 27.0. The number of methoxy groups -OCH3 is 1. The number of ether oxygens (including phenoxy) is 5. The first kappa shape index (κ1) is 28.2.